The third kappa shape index (κ3) is 2.75. The first-order valence-corrected chi connectivity index (χ1v) is 10.8. The molecule has 2 aromatic heterocycles. The van der Waals surface area contributed by atoms with Crippen LogP contribution in [-0.4, -0.2) is 40.3 Å². The van der Waals surface area contributed by atoms with Crippen LogP contribution in [0.5, 0.6) is 5.75 Å². The highest BCUT2D eigenvalue weighted by molar-refractivity contribution is 7.17. The van der Waals surface area contributed by atoms with Gasteiger partial charge in [0.25, 0.3) is 0 Å². The number of thiophene rings is 1. The lowest BCUT2D eigenvalue weighted by Gasteiger charge is -2.29. The maximum Gasteiger partial charge on any atom is 0.128 e. The molecule has 1 saturated heterocycles. The summed E-state index contributed by atoms with van der Waals surface area (Å²) in [4.78, 5) is 2.41. The van der Waals surface area contributed by atoms with Crippen molar-refractivity contribution >= 4 is 21.6 Å². The van der Waals surface area contributed by atoms with Gasteiger partial charge in [0.2, 0.25) is 0 Å². The van der Waals surface area contributed by atoms with Crippen molar-refractivity contribution in [2.45, 2.75) is 44.9 Å². The smallest absolute Gasteiger partial charge is 0.128 e. The van der Waals surface area contributed by atoms with Crippen LogP contribution in [-0.2, 0) is 12.8 Å². The normalized spacial score (nSPS) is 20.3. The van der Waals surface area contributed by atoms with Gasteiger partial charge in [-0.3, -0.25) is 0 Å². The van der Waals surface area contributed by atoms with Crippen LogP contribution in [0.4, 0.5) is 0 Å². The summed E-state index contributed by atoms with van der Waals surface area (Å²) in [7, 11) is 2.20. The Labute approximate surface area is 163 Å². The van der Waals surface area contributed by atoms with E-state index in [0.717, 1.165) is 53.7 Å². The Kier molecular flexibility index (Phi) is 4.17. The van der Waals surface area contributed by atoms with Crippen LogP contribution >= 0.6 is 11.3 Å². The highest BCUT2D eigenvalue weighted by Gasteiger charge is 2.25. The molecule has 140 valence electrons. The van der Waals surface area contributed by atoms with Gasteiger partial charge in [-0.25, -0.2) is 0 Å². The van der Waals surface area contributed by atoms with Gasteiger partial charge in [0.15, 0.2) is 0 Å². The van der Waals surface area contributed by atoms with Crippen molar-refractivity contribution in [2.75, 3.05) is 20.1 Å². The molecule has 1 aromatic carbocycles. The third-order valence-electron chi connectivity index (χ3n) is 6.31. The molecule has 2 aliphatic rings. The number of likely N-dealkylation sites (tertiary alicyclic amines) is 1. The van der Waals surface area contributed by atoms with E-state index >= 15 is 0 Å². The second-order valence-electron chi connectivity index (χ2n) is 8.10. The number of phenolic OH excluding ortho intramolecular Hbond substituents is 1. The van der Waals surface area contributed by atoms with E-state index in [9.17, 15) is 5.11 Å². The lowest BCUT2D eigenvalue weighted by Crippen LogP contribution is -2.30. The molecule has 0 amide bonds. The molecule has 3 heterocycles. The second kappa shape index (κ2) is 6.57. The molecule has 1 atom stereocenters. The standard InChI is InChI=1S/C22H25N3OS/c1-13-19(17-9-8-14-5-3-7-16(14)21(17)26)23-24-20-18(12-27-22(13)20)15-6-4-10-25(2)11-15/h8-9,12,15,26H,3-7,10-11H2,1-2H3. The number of piperidine rings is 1. The van der Waals surface area contributed by atoms with E-state index in [0.29, 0.717) is 11.7 Å². The van der Waals surface area contributed by atoms with Crippen molar-refractivity contribution in [3.05, 3.63) is 39.8 Å². The number of fused-ring (bicyclic) bond motifs is 2. The van der Waals surface area contributed by atoms with Crippen molar-refractivity contribution in [3.63, 3.8) is 0 Å². The monoisotopic (exact) mass is 379 g/mol. The summed E-state index contributed by atoms with van der Waals surface area (Å²) in [6.45, 7) is 4.40. The van der Waals surface area contributed by atoms with Crippen LogP contribution in [0.3, 0.4) is 0 Å². The average molecular weight is 380 g/mol. The first-order valence-electron chi connectivity index (χ1n) is 9.90. The summed E-state index contributed by atoms with van der Waals surface area (Å²) in [5.74, 6) is 0.956. The number of rotatable bonds is 2. The minimum absolute atomic E-state index is 0.410. The van der Waals surface area contributed by atoms with Crippen molar-refractivity contribution in [1.29, 1.82) is 0 Å². The second-order valence-corrected chi connectivity index (χ2v) is 8.98. The van der Waals surface area contributed by atoms with Gasteiger partial charge in [-0.1, -0.05) is 6.07 Å². The van der Waals surface area contributed by atoms with E-state index < -0.39 is 0 Å². The first-order chi connectivity index (χ1) is 13.1. The molecular formula is C22H25N3OS. The van der Waals surface area contributed by atoms with Crippen LogP contribution in [0.2, 0.25) is 0 Å². The molecule has 3 aromatic rings. The van der Waals surface area contributed by atoms with Crippen molar-refractivity contribution < 1.29 is 5.11 Å². The number of hydrogen-bond acceptors (Lipinski definition) is 5. The zero-order valence-electron chi connectivity index (χ0n) is 16.0. The molecule has 4 nitrogen and oxygen atoms in total. The quantitative estimate of drug-likeness (QED) is 0.703. The molecule has 0 radical (unpaired) electrons. The molecule has 1 fully saturated rings. The van der Waals surface area contributed by atoms with Crippen molar-refractivity contribution in [1.82, 2.24) is 15.1 Å². The Balaban J connectivity index is 1.59. The van der Waals surface area contributed by atoms with Crippen LogP contribution < -0.4 is 0 Å². The number of aryl methyl sites for hydroxylation is 2. The molecule has 5 rings (SSSR count). The van der Waals surface area contributed by atoms with Gasteiger partial charge in [-0.15, -0.1) is 21.5 Å². The number of aromatic nitrogens is 2. The Morgan fingerprint density at radius 1 is 1.19 bits per heavy atom. The number of aromatic hydroxyl groups is 1. The minimum Gasteiger partial charge on any atom is -0.507 e. The van der Waals surface area contributed by atoms with Crippen LogP contribution in [0.1, 0.15) is 47.4 Å². The van der Waals surface area contributed by atoms with Gasteiger partial charge in [-0.05, 0) is 92.2 Å². The Morgan fingerprint density at radius 2 is 2.07 bits per heavy atom. The van der Waals surface area contributed by atoms with E-state index in [1.54, 1.807) is 11.3 Å². The minimum atomic E-state index is 0.410. The molecular weight excluding hydrogens is 354 g/mol. The molecule has 5 heteroatoms. The summed E-state index contributed by atoms with van der Waals surface area (Å²) < 4.78 is 1.21. The fraction of sp³-hybridized carbons (Fsp3) is 0.455. The first kappa shape index (κ1) is 17.1. The summed E-state index contributed by atoms with van der Waals surface area (Å²) >= 11 is 1.77. The maximum absolute atomic E-state index is 10.8. The zero-order chi connectivity index (χ0) is 18.5. The van der Waals surface area contributed by atoms with Crippen LogP contribution in [0.25, 0.3) is 21.5 Å². The number of benzene rings is 1. The molecule has 0 saturated carbocycles. The van der Waals surface area contributed by atoms with Crippen molar-refractivity contribution in [3.8, 4) is 17.0 Å². The summed E-state index contributed by atoms with van der Waals surface area (Å²) in [6.07, 6.45) is 5.62. The molecule has 1 aliphatic heterocycles. The van der Waals surface area contributed by atoms with E-state index in [1.165, 1.54) is 35.2 Å². The largest absolute Gasteiger partial charge is 0.507 e. The summed E-state index contributed by atoms with van der Waals surface area (Å²) in [5.41, 5.74) is 7.57. The van der Waals surface area contributed by atoms with E-state index in [4.69, 9.17) is 0 Å². The van der Waals surface area contributed by atoms with Crippen LogP contribution in [0, 0.1) is 6.92 Å². The third-order valence-corrected chi connectivity index (χ3v) is 7.42. The van der Waals surface area contributed by atoms with Gasteiger partial charge >= 0.3 is 0 Å². The van der Waals surface area contributed by atoms with Crippen LogP contribution in [0.15, 0.2) is 17.5 Å². The highest BCUT2D eigenvalue weighted by atomic mass is 32.1. The average Bonchev–Trinajstić information content (AvgIpc) is 3.30. The summed E-state index contributed by atoms with van der Waals surface area (Å²) in [6, 6.07) is 4.17. The Bertz CT molecular complexity index is 1030. The lowest BCUT2D eigenvalue weighted by atomic mass is 9.91. The predicted molar refractivity (Wildman–Crippen MR) is 111 cm³/mol. The van der Waals surface area contributed by atoms with Gasteiger partial charge in [0.1, 0.15) is 17.0 Å². The number of nitrogens with zero attached hydrogens (tertiary/aromatic N) is 3. The number of phenols is 1. The molecule has 1 aliphatic carbocycles. The Morgan fingerprint density at radius 3 is 2.93 bits per heavy atom. The van der Waals surface area contributed by atoms with Gasteiger partial charge < -0.3 is 10.0 Å². The Hall–Kier alpha value is -1.98. The molecule has 1 unspecified atom stereocenters. The summed E-state index contributed by atoms with van der Waals surface area (Å²) in [5, 5.41) is 22.3. The lowest BCUT2D eigenvalue weighted by molar-refractivity contribution is 0.251. The SMILES string of the molecule is Cc1c(-c2ccc3c(c2O)CCC3)nnc2c(C3CCCN(C)C3)csc12. The predicted octanol–water partition coefficient (Wildman–Crippen LogP) is 4.67. The zero-order valence-corrected chi connectivity index (χ0v) is 16.8. The fourth-order valence-corrected chi connectivity index (χ4v) is 5.91. The highest BCUT2D eigenvalue weighted by Crippen LogP contribution is 2.42. The van der Waals surface area contributed by atoms with E-state index in [2.05, 4.69) is 40.5 Å². The van der Waals surface area contributed by atoms with Crippen molar-refractivity contribution in [2.24, 2.45) is 0 Å². The van der Waals surface area contributed by atoms with Gasteiger partial charge in [0, 0.05) is 12.1 Å². The number of likely N-dealkylation sites (N-methyl/N-ethyl adjacent to an activating group) is 1. The van der Waals surface area contributed by atoms with E-state index in [1.807, 2.05) is 6.07 Å². The van der Waals surface area contributed by atoms with Gasteiger partial charge in [0.05, 0.1) is 4.70 Å². The molecule has 1 N–H and O–H groups in total. The van der Waals surface area contributed by atoms with Gasteiger partial charge in [-0.2, -0.15) is 0 Å². The van der Waals surface area contributed by atoms with E-state index in [-0.39, 0.29) is 0 Å². The maximum atomic E-state index is 10.8. The fourth-order valence-electron chi connectivity index (χ4n) is 4.82. The number of hydrogen-bond donors (Lipinski definition) is 1. The molecule has 0 bridgehead atoms. The molecule has 0 spiro atoms. The molecule has 27 heavy (non-hydrogen) atoms. The topological polar surface area (TPSA) is 49.3 Å².